The number of nitrogens with one attached hydrogen (secondary N) is 1. The van der Waals surface area contributed by atoms with Crippen LogP contribution in [0.5, 0.6) is 0 Å². The predicted molar refractivity (Wildman–Crippen MR) is 163 cm³/mol. The Labute approximate surface area is 240 Å². The Morgan fingerprint density at radius 3 is 2.40 bits per heavy atom. The monoisotopic (exact) mass is 553 g/mol. The van der Waals surface area contributed by atoms with Crippen molar-refractivity contribution in [1.29, 1.82) is 0 Å². The van der Waals surface area contributed by atoms with Gasteiger partial charge >= 0.3 is 0 Å². The van der Waals surface area contributed by atoms with Crippen molar-refractivity contribution in [3.63, 3.8) is 0 Å². The Bertz CT molecular complexity index is 1500. The Morgan fingerprint density at radius 1 is 1.00 bits per heavy atom. The van der Waals surface area contributed by atoms with E-state index in [1.807, 2.05) is 97.3 Å². The molecule has 40 heavy (non-hydrogen) atoms. The van der Waals surface area contributed by atoms with E-state index in [1.54, 1.807) is 16.7 Å². The van der Waals surface area contributed by atoms with Crippen LogP contribution >= 0.6 is 11.8 Å². The normalized spacial score (nSPS) is 15.2. The Kier molecular flexibility index (Phi) is 8.38. The summed E-state index contributed by atoms with van der Waals surface area (Å²) in [7, 11) is 3.93. The molecule has 1 N–H and O–H groups in total. The molecule has 7 nitrogen and oxygen atoms in total. The number of nitrogens with zero attached hydrogens (tertiary/aromatic N) is 4. The maximum Gasteiger partial charge on any atom is 0.240 e. The molecular weight excluding hydrogens is 518 g/mol. The Balaban J connectivity index is 1.73. The summed E-state index contributed by atoms with van der Waals surface area (Å²) in [6, 6.07) is 26.5. The number of hydrogen-bond donors (Lipinski definition) is 1. The number of likely N-dealkylation sites (N-methyl/N-ethyl adjacent to an activating group) is 1. The molecule has 1 aromatic heterocycles. The van der Waals surface area contributed by atoms with Gasteiger partial charge in [-0.1, -0.05) is 72.3 Å². The van der Waals surface area contributed by atoms with Gasteiger partial charge in [-0.25, -0.2) is 4.68 Å². The molecule has 0 bridgehead atoms. The van der Waals surface area contributed by atoms with Gasteiger partial charge in [-0.3, -0.25) is 14.5 Å². The van der Waals surface area contributed by atoms with Crippen LogP contribution in [-0.4, -0.2) is 66.0 Å². The first-order valence-corrected chi connectivity index (χ1v) is 14.5. The van der Waals surface area contributed by atoms with Crippen molar-refractivity contribution in [2.45, 2.75) is 19.1 Å². The number of anilines is 1. The number of carbonyl (C=O) groups excluding carboxylic acids is 2. The number of carbonyl (C=O) groups is 2. The van der Waals surface area contributed by atoms with E-state index in [0.29, 0.717) is 12.4 Å². The second-order valence-corrected chi connectivity index (χ2v) is 11.5. The number of fused-ring (bicyclic) bond motifs is 1. The molecule has 0 fully saturated rings. The van der Waals surface area contributed by atoms with Crippen molar-refractivity contribution in [3.8, 4) is 16.9 Å². The fourth-order valence-corrected chi connectivity index (χ4v) is 6.23. The number of thioether (sulfide) groups is 1. The summed E-state index contributed by atoms with van der Waals surface area (Å²) in [5.41, 5.74) is 6.98. The van der Waals surface area contributed by atoms with Crippen molar-refractivity contribution in [1.82, 2.24) is 20.0 Å². The van der Waals surface area contributed by atoms with E-state index in [9.17, 15) is 9.59 Å². The topological polar surface area (TPSA) is 70.5 Å². The van der Waals surface area contributed by atoms with E-state index in [-0.39, 0.29) is 29.4 Å². The lowest BCUT2D eigenvalue weighted by Gasteiger charge is -2.23. The van der Waals surface area contributed by atoms with Crippen molar-refractivity contribution in [2.24, 2.45) is 0 Å². The molecule has 1 aliphatic rings. The zero-order valence-corrected chi connectivity index (χ0v) is 24.2. The molecule has 1 aliphatic heterocycles. The van der Waals surface area contributed by atoms with E-state index >= 15 is 0 Å². The summed E-state index contributed by atoms with van der Waals surface area (Å²) in [4.78, 5) is 30.6. The van der Waals surface area contributed by atoms with Crippen LogP contribution < -0.4 is 10.2 Å². The molecule has 0 radical (unpaired) electrons. The fourth-order valence-electron chi connectivity index (χ4n) is 4.94. The largest absolute Gasteiger partial charge is 0.353 e. The number of aryl methyl sites for hydroxylation is 2. The molecule has 0 unspecified atom stereocenters. The van der Waals surface area contributed by atoms with Gasteiger partial charge in [0.15, 0.2) is 0 Å². The van der Waals surface area contributed by atoms with Crippen LogP contribution in [0.25, 0.3) is 16.9 Å². The van der Waals surface area contributed by atoms with Gasteiger partial charge < -0.3 is 10.2 Å². The number of benzene rings is 3. The number of aromatic nitrogens is 2. The van der Waals surface area contributed by atoms with E-state index in [2.05, 4.69) is 24.4 Å². The first-order chi connectivity index (χ1) is 19.3. The molecule has 3 aromatic carbocycles. The third-order valence-electron chi connectivity index (χ3n) is 7.07. The van der Waals surface area contributed by atoms with Crippen molar-refractivity contribution in [3.05, 3.63) is 101 Å². The van der Waals surface area contributed by atoms with Gasteiger partial charge in [-0.05, 0) is 51.2 Å². The van der Waals surface area contributed by atoms with Crippen LogP contribution in [0, 0.1) is 13.8 Å². The van der Waals surface area contributed by atoms with Gasteiger partial charge in [0.2, 0.25) is 11.8 Å². The average Bonchev–Trinajstić information content (AvgIpc) is 3.27. The van der Waals surface area contributed by atoms with Crippen LogP contribution in [0.3, 0.4) is 0 Å². The van der Waals surface area contributed by atoms with Crippen LogP contribution in [0.2, 0.25) is 0 Å². The van der Waals surface area contributed by atoms with Gasteiger partial charge in [-0.2, -0.15) is 5.10 Å². The minimum Gasteiger partial charge on any atom is -0.353 e. The van der Waals surface area contributed by atoms with Gasteiger partial charge in [0.25, 0.3) is 0 Å². The lowest BCUT2D eigenvalue weighted by atomic mass is 9.97. The van der Waals surface area contributed by atoms with E-state index in [4.69, 9.17) is 5.10 Å². The molecule has 0 saturated heterocycles. The molecule has 1 atom stereocenters. The Morgan fingerprint density at radius 2 is 1.70 bits per heavy atom. The highest BCUT2D eigenvalue weighted by Gasteiger charge is 2.38. The molecule has 206 valence electrons. The minimum atomic E-state index is -0.196. The summed E-state index contributed by atoms with van der Waals surface area (Å²) in [6.07, 6.45) is 0. The maximum atomic E-state index is 13.8. The molecule has 5 rings (SSSR count). The number of amides is 2. The summed E-state index contributed by atoms with van der Waals surface area (Å²) in [5, 5.41) is 7.99. The highest BCUT2D eigenvalue weighted by Crippen LogP contribution is 2.49. The van der Waals surface area contributed by atoms with Crippen molar-refractivity contribution >= 4 is 29.4 Å². The van der Waals surface area contributed by atoms with Crippen LogP contribution in [-0.2, 0) is 9.59 Å². The number of hydrogen-bond acceptors (Lipinski definition) is 5. The summed E-state index contributed by atoms with van der Waals surface area (Å²) < 4.78 is 1.85. The minimum absolute atomic E-state index is 0.0773. The number of rotatable bonds is 8. The Hall–Kier alpha value is -3.88. The van der Waals surface area contributed by atoms with Gasteiger partial charge in [-0.15, -0.1) is 11.8 Å². The molecule has 0 saturated carbocycles. The van der Waals surface area contributed by atoms with Crippen LogP contribution in [0.15, 0.2) is 78.9 Å². The second-order valence-electron chi connectivity index (χ2n) is 10.4. The third kappa shape index (κ3) is 5.83. The van der Waals surface area contributed by atoms with Crippen LogP contribution in [0.4, 0.5) is 5.82 Å². The molecule has 0 spiro atoms. The van der Waals surface area contributed by atoms with Gasteiger partial charge in [0.05, 0.1) is 22.4 Å². The zero-order valence-electron chi connectivity index (χ0n) is 23.4. The second kappa shape index (κ2) is 12.1. The average molecular weight is 554 g/mol. The maximum absolute atomic E-state index is 13.8. The van der Waals surface area contributed by atoms with E-state index in [0.717, 1.165) is 45.7 Å². The summed E-state index contributed by atoms with van der Waals surface area (Å²) >= 11 is 1.59. The molecule has 8 heteroatoms. The lowest BCUT2D eigenvalue weighted by Crippen LogP contribution is -2.43. The smallest absolute Gasteiger partial charge is 0.240 e. The highest BCUT2D eigenvalue weighted by atomic mass is 32.2. The standard InChI is InChI=1S/C32H35N5O2S/c1-22-14-16-25(17-15-22)37-32-29(30(34-37)24-11-6-5-7-12-24)31(26-13-9-8-10-23(26)2)40-21-28(39)36(32)20-27(38)33-18-19-35(3)4/h5-17,31H,18-21H2,1-4H3,(H,33,38)/t31-/m0/s1. The SMILES string of the molecule is Cc1ccc(-n2nc(-c3ccccc3)c3c2N(CC(=O)NCCN(C)C)C(=O)CS[C@H]3c2ccccc2C)cc1. The van der Waals surface area contributed by atoms with Crippen LogP contribution in [0.1, 0.15) is 27.5 Å². The fraction of sp³-hybridized carbons (Fsp3) is 0.281. The quantitative estimate of drug-likeness (QED) is 0.333. The highest BCUT2D eigenvalue weighted by molar-refractivity contribution is 8.00. The third-order valence-corrected chi connectivity index (χ3v) is 8.31. The van der Waals surface area contributed by atoms with Crippen molar-refractivity contribution in [2.75, 3.05) is 44.4 Å². The lowest BCUT2D eigenvalue weighted by molar-refractivity contribution is -0.122. The van der Waals surface area contributed by atoms with Gasteiger partial charge in [0.1, 0.15) is 12.4 Å². The van der Waals surface area contributed by atoms with Crippen molar-refractivity contribution < 1.29 is 9.59 Å². The summed E-state index contributed by atoms with van der Waals surface area (Å²) in [6.45, 7) is 5.29. The molecule has 0 aliphatic carbocycles. The summed E-state index contributed by atoms with van der Waals surface area (Å²) in [5.74, 6) is 0.589. The molecular formula is C32H35N5O2S. The predicted octanol–water partition coefficient (Wildman–Crippen LogP) is 5.00. The first-order valence-electron chi connectivity index (χ1n) is 13.5. The first kappa shape index (κ1) is 27.7. The van der Waals surface area contributed by atoms with E-state index < -0.39 is 0 Å². The zero-order chi connectivity index (χ0) is 28.2. The molecule has 4 aromatic rings. The van der Waals surface area contributed by atoms with Gasteiger partial charge in [0, 0.05) is 24.2 Å². The molecule has 2 amide bonds. The van der Waals surface area contributed by atoms with E-state index in [1.165, 1.54) is 0 Å². The molecule has 2 heterocycles.